The van der Waals surface area contributed by atoms with Gasteiger partial charge in [0.05, 0.1) is 11.9 Å². The second kappa shape index (κ2) is 4.76. The minimum Gasteiger partial charge on any atom is -0.409 e. The lowest BCUT2D eigenvalue weighted by atomic mass is 10.3. The molecule has 5 nitrogen and oxygen atoms in total. The molecular weight excluding hydrogens is 168 g/mol. The van der Waals surface area contributed by atoms with Gasteiger partial charge in [0.2, 0.25) is 0 Å². The third-order valence-corrected chi connectivity index (χ3v) is 1.28. The van der Waals surface area contributed by atoms with Gasteiger partial charge in [-0.1, -0.05) is 23.4 Å². The maximum absolute atomic E-state index is 8.18. The molecule has 0 saturated heterocycles. The highest BCUT2D eigenvalue weighted by molar-refractivity contribution is 6.28. The van der Waals surface area contributed by atoms with Crippen LogP contribution in [-0.2, 0) is 0 Å². The number of amidine groups is 1. The summed E-state index contributed by atoms with van der Waals surface area (Å²) in [4.78, 5) is 0. The van der Waals surface area contributed by atoms with Crippen molar-refractivity contribution in [2.45, 2.75) is 0 Å². The first-order valence-corrected chi connectivity index (χ1v) is 3.64. The van der Waals surface area contributed by atoms with E-state index in [1.165, 1.54) is 6.21 Å². The quantitative estimate of drug-likeness (QED) is 0.277. The first kappa shape index (κ1) is 9.05. The van der Waals surface area contributed by atoms with Crippen LogP contribution in [0.5, 0.6) is 0 Å². The summed E-state index contributed by atoms with van der Waals surface area (Å²) in [6, 6.07) is 9.36. The third-order valence-electron chi connectivity index (χ3n) is 1.28. The van der Waals surface area contributed by atoms with Crippen LogP contribution in [0, 0.1) is 0 Å². The molecule has 0 fully saturated rings. The van der Waals surface area contributed by atoms with E-state index >= 15 is 0 Å². The van der Waals surface area contributed by atoms with Crippen molar-refractivity contribution in [2.75, 3.05) is 5.43 Å². The SMILES string of the molecule is NC(C=NNc1ccccc1)=NO. The Balaban J connectivity index is 2.48. The number of para-hydroxylation sites is 1. The van der Waals surface area contributed by atoms with Crippen molar-refractivity contribution in [1.82, 2.24) is 0 Å². The molecule has 0 aliphatic rings. The average molecular weight is 178 g/mol. The van der Waals surface area contributed by atoms with Crippen LogP contribution in [0.15, 0.2) is 40.6 Å². The monoisotopic (exact) mass is 178 g/mol. The van der Waals surface area contributed by atoms with Gasteiger partial charge in [-0.3, -0.25) is 5.43 Å². The summed E-state index contributed by atoms with van der Waals surface area (Å²) >= 11 is 0. The highest BCUT2D eigenvalue weighted by atomic mass is 16.4. The first-order valence-electron chi connectivity index (χ1n) is 3.64. The van der Waals surface area contributed by atoms with Gasteiger partial charge in [0, 0.05) is 0 Å². The van der Waals surface area contributed by atoms with E-state index in [4.69, 9.17) is 10.9 Å². The fourth-order valence-corrected chi connectivity index (χ4v) is 0.711. The molecule has 1 rings (SSSR count). The second-order valence-corrected chi connectivity index (χ2v) is 2.26. The molecule has 68 valence electrons. The van der Waals surface area contributed by atoms with Crippen LogP contribution in [-0.4, -0.2) is 17.3 Å². The number of nitrogens with one attached hydrogen (secondary N) is 1. The van der Waals surface area contributed by atoms with Gasteiger partial charge in [-0.05, 0) is 12.1 Å². The molecule has 4 N–H and O–H groups in total. The van der Waals surface area contributed by atoms with E-state index in [1.54, 1.807) is 0 Å². The zero-order valence-corrected chi connectivity index (χ0v) is 6.88. The summed E-state index contributed by atoms with van der Waals surface area (Å²) in [5.41, 5.74) is 8.69. The van der Waals surface area contributed by atoms with Crippen molar-refractivity contribution in [1.29, 1.82) is 0 Å². The second-order valence-electron chi connectivity index (χ2n) is 2.26. The first-order chi connectivity index (χ1) is 6.33. The summed E-state index contributed by atoms with van der Waals surface area (Å²) < 4.78 is 0. The van der Waals surface area contributed by atoms with Crippen LogP contribution in [0.1, 0.15) is 0 Å². The van der Waals surface area contributed by atoms with E-state index in [-0.39, 0.29) is 5.84 Å². The van der Waals surface area contributed by atoms with Gasteiger partial charge in [-0.25, -0.2) is 0 Å². The van der Waals surface area contributed by atoms with Gasteiger partial charge in [-0.2, -0.15) is 5.10 Å². The Bertz CT molecular complexity index is 307. The van der Waals surface area contributed by atoms with Gasteiger partial charge in [0.15, 0.2) is 5.84 Å². The van der Waals surface area contributed by atoms with E-state index in [9.17, 15) is 0 Å². The number of nitrogens with zero attached hydrogens (tertiary/aromatic N) is 2. The molecule has 5 heteroatoms. The number of hydrogen-bond donors (Lipinski definition) is 3. The molecule has 0 atom stereocenters. The number of benzene rings is 1. The zero-order chi connectivity index (χ0) is 9.52. The van der Waals surface area contributed by atoms with Crippen molar-refractivity contribution in [3.05, 3.63) is 30.3 Å². The van der Waals surface area contributed by atoms with E-state index in [1.807, 2.05) is 30.3 Å². The van der Waals surface area contributed by atoms with Gasteiger partial charge < -0.3 is 10.9 Å². The molecule has 0 bridgehead atoms. The van der Waals surface area contributed by atoms with Gasteiger partial charge >= 0.3 is 0 Å². The minimum atomic E-state index is -0.0524. The maximum atomic E-state index is 8.18. The Morgan fingerprint density at radius 3 is 2.69 bits per heavy atom. The van der Waals surface area contributed by atoms with E-state index in [0.29, 0.717) is 0 Å². The Morgan fingerprint density at radius 2 is 2.08 bits per heavy atom. The molecule has 0 aromatic heterocycles. The molecule has 0 amide bonds. The van der Waals surface area contributed by atoms with Gasteiger partial charge in [-0.15, -0.1) is 0 Å². The molecule has 0 aliphatic heterocycles. The predicted octanol–water partition coefficient (Wildman–Crippen LogP) is 0.831. The summed E-state index contributed by atoms with van der Waals surface area (Å²) in [6.07, 6.45) is 1.22. The van der Waals surface area contributed by atoms with Crippen LogP contribution in [0.2, 0.25) is 0 Å². The van der Waals surface area contributed by atoms with Crippen molar-refractivity contribution in [2.24, 2.45) is 16.0 Å². The standard InChI is InChI=1S/C8H10N4O/c9-8(12-13)6-10-11-7-4-2-1-3-5-7/h1-6,11,13H,(H2,9,12). The molecular formula is C8H10N4O. The topological polar surface area (TPSA) is 83.0 Å². The van der Waals surface area contributed by atoms with Crippen molar-refractivity contribution < 1.29 is 5.21 Å². The van der Waals surface area contributed by atoms with Gasteiger partial charge in [0.1, 0.15) is 0 Å². The minimum absolute atomic E-state index is 0.0524. The van der Waals surface area contributed by atoms with Crippen LogP contribution in [0.25, 0.3) is 0 Å². The summed E-state index contributed by atoms with van der Waals surface area (Å²) in [7, 11) is 0. The Labute approximate surface area is 75.6 Å². The average Bonchev–Trinajstić information content (AvgIpc) is 2.19. The highest BCUT2D eigenvalue weighted by Gasteiger charge is 1.85. The lowest BCUT2D eigenvalue weighted by molar-refractivity contribution is 0.319. The van der Waals surface area contributed by atoms with E-state index in [0.717, 1.165) is 5.69 Å². The number of hydrogen-bond acceptors (Lipinski definition) is 4. The number of anilines is 1. The zero-order valence-electron chi connectivity index (χ0n) is 6.88. The molecule has 0 aliphatic carbocycles. The van der Waals surface area contributed by atoms with Crippen molar-refractivity contribution >= 4 is 17.7 Å². The molecule has 0 heterocycles. The number of nitrogens with two attached hydrogens (primary N) is 1. The fourth-order valence-electron chi connectivity index (χ4n) is 0.711. The Hall–Kier alpha value is -2.04. The molecule has 13 heavy (non-hydrogen) atoms. The predicted molar refractivity (Wildman–Crippen MR) is 52.0 cm³/mol. The summed E-state index contributed by atoms with van der Waals surface area (Å²) in [5.74, 6) is -0.0524. The molecule has 1 aromatic rings. The third kappa shape index (κ3) is 3.24. The van der Waals surface area contributed by atoms with Crippen LogP contribution in [0.3, 0.4) is 0 Å². The number of hydrazone groups is 1. The van der Waals surface area contributed by atoms with Gasteiger partial charge in [0.25, 0.3) is 0 Å². The molecule has 0 spiro atoms. The lowest BCUT2D eigenvalue weighted by Crippen LogP contribution is -2.13. The maximum Gasteiger partial charge on any atom is 0.183 e. The molecule has 0 saturated carbocycles. The normalized spacial score (nSPS) is 11.8. The van der Waals surface area contributed by atoms with E-state index < -0.39 is 0 Å². The smallest absolute Gasteiger partial charge is 0.183 e. The molecule has 0 unspecified atom stereocenters. The Morgan fingerprint density at radius 1 is 1.38 bits per heavy atom. The largest absolute Gasteiger partial charge is 0.409 e. The van der Waals surface area contributed by atoms with E-state index in [2.05, 4.69) is 15.7 Å². The fraction of sp³-hybridized carbons (Fsp3) is 0. The molecule has 1 aromatic carbocycles. The number of oxime groups is 1. The lowest BCUT2D eigenvalue weighted by Gasteiger charge is -1.96. The summed E-state index contributed by atoms with van der Waals surface area (Å²) in [6.45, 7) is 0. The van der Waals surface area contributed by atoms with Crippen LogP contribution in [0.4, 0.5) is 5.69 Å². The van der Waals surface area contributed by atoms with Crippen LogP contribution >= 0.6 is 0 Å². The highest BCUT2D eigenvalue weighted by Crippen LogP contribution is 2.03. The van der Waals surface area contributed by atoms with Crippen molar-refractivity contribution in [3.8, 4) is 0 Å². The Kier molecular flexibility index (Phi) is 3.31. The number of rotatable bonds is 3. The van der Waals surface area contributed by atoms with Crippen molar-refractivity contribution in [3.63, 3.8) is 0 Å². The summed E-state index contributed by atoms with van der Waals surface area (Å²) in [5, 5.41) is 14.6. The van der Waals surface area contributed by atoms with Crippen LogP contribution < -0.4 is 11.2 Å². The molecule has 0 radical (unpaired) electrons.